The van der Waals surface area contributed by atoms with Crippen LogP contribution < -0.4 is 10.6 Å². The van der Waals surface area contributed by atoms with Gasteiger partial charge in [0.2, 0.25) is 5.91 Å². The van der Waals surface area contributed by atoms with Gasteiger partial charge in [0.15, 0.2) is 0 Å². The first-order valence-electron chi connectivity index (χ1n) is 12.7. The number of carbonyl (C=O) groups is 2. The Bertz CT molecular complexity index is 1020. The fraction of sp³-hybridized carbons (Fsp3) is 0.654. The second-order valence-corrected chi connectivity index (χ2v) is 11.1. The maximum Gasteiger partial charge on any atom is 0.268 e. The predicted molar refractivity (Wildman–Crippen MR) is 124 cm³/mol. The highest BCUT2D eigenvalue weighted by molar-refractivity contribution is 5.93. The molecule has 1 unspecified atom stereocenters. The zero-order chi connectivity index (χ0) is 22.4. The van der Waals surface area contributed by atoms with Gasteiger partial charge in [-0.25, -0.2) is 4.98 Å². The summed E-state index contributed by atoms with van der Waals surface area (Å²) in [7, 11) is 0. The van der Waals surface area contributed by atoms with Crippen LogP contribution in [0.5, 0.6) is 0 Å². The van der Waals surface area contributed by atoms with Gasteiger partial charge in [0.25, 0.3) is 5.91 Å². The van der Waals surface area contributed by atoms with E-state index in [-0.39, 0.29) is 24.3 Å². The highest BCUT2D eigenvalue weighted by Crippen LogP contribution is 2.59. The first-order chi connectivity index (χ1) is 16.1. The van der Waals surface area contributed by atoms with E-state index < -0.39 is 0 Å². The second-order valence-electron chi connectivity index (χ2n) is 11.1. The lowest BCUT2D eigenvalue weighted by molar-refractivity contribution is -0.121. The number of nitrogens with zero attached hydrogens (tertiary/aromatic N) is 2. The minimum Gasteiger partial charge on any atom is -0.376 e. The van der Waals surface area contributed by atoms with Crippen molar-refractivity contribution in [1.82, 2.24) is 20.0 Å². The monoisotopic (exact) mass is 450 g/mol. The highest BCUT2D eigenvalue weighted by atomic mass is 16.5. The van der Waals surface area contributed by atoms with Crippen molar-refractivity contribution >= 4 is 17.5 Å². The Balaban J connectivity index is 1.11. The van der Waals surface area contributed by atoms with Gasteiger partial charge in [0.1, 0.15) is 11.3 Å². The Hall–Kier alpha value is -2.41. The molecule has 7 heteroatoms. The molecule has 5 aliphatic rings. The summed E-state index contributed by atoms with van der Waals surface area (Å²) in [6.07, 6.45) is 12.3. The molecule has 3 heterocycles. The zero-order valence-corrected chi connectivity index (χ0v) is 19.2. The average Bonchev–Trinajstić information content (AvgIpc) is 3.44. The van der Waals surface area contributed by atoms with E-state index in [1.54, 1.807) is 0 Å². The van der Waals surface area contributed by atoms with Gasteiger partial charge in [-0.2, -0.15) is 0 Å². The number of imidazole rings is 1. The maximum atomic E-state index is 13.2. The topological polar surface area (TPSA) is 84.7 Å². The number of fused-ring (bicyclic) bond motifs is 1. The molecule has 1 atom stereocenters. The van der Waals surface area contributed by atoms with Gasteiger partial charge in [0.05, 0.1) is 18.2 Å². The molecule has 2 aromatic rings. The van der Waals surface area contributed by atoms with Gasteiger partial charge < -0.3 is 15.4 Å². The highest BCUT2D eigenvalue weighted by Gasteiger charge is 2.50. The summed E-state index contributed by atoms with van der Waals surface area (Å²) < 4.78 is 7.38. The van der Waals surface area contributed by atoms with E-state index in [0.717, 1.165) is 43.7 Å². The molecule has 1 saturated heterocycles. The van der Waals surface area contributed by atoms with Crippen LogP contribution in [0.3, 0.4) is 0 Å². The van der Waals surface area contributed by atoms with Crippen LogP contribution in [0, 0.1) is 23.2 Å². The molecule has 7 nitrogen and oxygen atoms in total. The summed E-state index contributed by atoms with van der Waals surface area (Å²) in [5.41, 5.74) is 2.25. The summed E-state index contributed by atoms with van der Waals surface area (Å²) in [6, 6.07) is 5.58. The Morgan fingerprint density at radius 3 is 2.55 bits per heavy atom. The van der Waals surface area contributed by atoms with E-state index in [0.29, 0.717) is 29.0 Å². The molecule has 0 spiro atoms. The van der Waals surface area contributed by atoms with Crippen LogP contribution in [0.2, 0.25) is 0 Å². The molecule has 33 heavy (non-hydrogen) atoms. The number of hydrogen-bond donors (Lipinski definition) is 2. The number of ether oxygens (including phenoxy) is 1. The zero-order valence-electron chi connectivity index (χ0n) is 19.2. The number of carbonyl (C=O) groups excluding carboxylic acids is 2. The fourth-order valence-electron chi connectivity index (χ4n) is 7.46. The molecule has 5 fully saturated rings. The van der Waals surface area contributed by atoms with Crippen molar-refractivity contribution in [2.24, 2.45) is 23.2 Å². The van der Waals surface area contributed by atoms with E-state index in [2.05, 4.69) is 15.6 Å². The summed E-state index contributed by atoms with van der Waals surface area (Å²) in [5, 5.41) is 6.21. The summed E-state index contributed by atoms with van der Waals surface area (Å²) in [6.45, 7) is 2.10. The number of hydrogen-bond acceptors (Lipinski definition) is 4. The minimum absolute atomic E-state index is 0.0527. The van der Waals surface area contributed by atoms with Crippen LogP contribution in [0.15, 0.2) is 24.4 Å². The first kappa shape index (κ1) is 21.1. The number of pyridine rings is 1. The molecule has 176 valence electrons. The summed E-state index contributed by atoms with van der Waals surface area (Å²) >= 11 is 0. The maximum absolute atomic E-state index is 13.2. The van der Waals surface area contributed by atoms with Gasteiger partial charge in [-0.1, -0.05) is 6.07 Å². The van der Waals surface area contributed by atoms with Crippen molar-refractivity contribution in [3.63, 3.8) is 0 Å². The largest absolute Gasteiger partial charge is 0.376 e. The van der Waals surface area contributed by atoms with E-state index in [1.807, 2.05) is 28.8 Å². The lowest BCUT2D eigenvalue weighted by Crippen LogP contribution is -2.51. The van der Waals surface area contributed by atoms with E-state index in [9.17, 15) is 9.59 Å². The van der Waals surface area contributed by atoms with Gasteiger partial charge in [-0.15, -0.1) is 0 Å². The third-order valence-corrected chi connectivity index (χ3v) is 8.46. The van der Waals surface area contributed by atoms with Crippen molar-refractivity contribution in [3.8, 4) is 0 Å². The van der Waals surface area contributed by atoms with Crippen molar-refractivity contribution in [2.45, 2.75) is 63.9 Å². The smallest absolute Gasteiger partial charge is 0.268 e. The predicted octanol–water partition coefficient (Wildman–Crippen LogP) is 3.12. The SMILES string of the molecule is O=C(Cc1cn2c(C(=O)NCC34CC5CC(CC(C5)C3)C4)cccc2n1)NCC1CCCO1. The van der Waals surface area contributed by atoms with Crippen LogP contribution in [-0.2, 0) is 16.0 Å². The average molecular weight is 451 g/mol. The Morgan fingerprint density at radius 2 is 1.85 bits per heavy atom. The van der Waals surface area contributed by atoms with E-state index in [1.165, 1.54) is 38.5 Å². The van der Waals surface area contributed by atoms with Crippen LogP contribution in [0.4, 0.5) is 0 Å². The molecular formula is C26H34N4O3. The molecule has 7 rings (SSSR count). The van der Waals surface area contributed by atoms with Gasteiger partial charge in [0, 0.05) is 25.9 Å². The van der Waals surface area contributed by atoms with Crippen molar-refractivity contribution in [3.05, 3.63) is 35.8 Å². The molecule has 1 aliphatic heterocycles. The van der Waals surface area contributed by atoms with Crippen LogP contribution in [-0.4, -0.2) is 47.0 Å². The van der Waals surface area contributed by atoms with Gasteiger partial charge >= 0.3 is 0 Å². The molecule has 4 saturated carbocycles. The number of nitrogens with one attached hydrogen (secondary N) is 2. The third kappa shape index (κ3) is 4.27. The molecule has 0 aromatic carbocycles. The Kier molecular flexibility index (Phi) is 5.40. The van der Waals surface area contributed by atoms with E-state index >= 15 is 0 Å². The molecule has 2 N–H and O–H groups in total. The Morgan fingerprint density at radius 1 is 1.09 bits per heavy atom. The first-order valence-corrected chi connectivity index (χ1v) is 12.7. The van der Waals surface area contributed by atoms with Crippen molar-refractivity contribution in [1.29, 1.82) is 0 Å². The second kappa shape index (κ2) is 8.42. The van der Waals surface area contributed by atoms with Gasteiger partial charge in [-0.05, 0) is 86.7 Å². The quantitative estimate of drug-likeness (QED) is 0.679. The molecule has 0 radical (unpaired) electrons. The summed E-state index contributed by atoms with van der Waals surface area (Å²) in [5.74, 6) is 2.50. The molecular weight excluding hydrogens is 416 g/mol. The normalized spacial score (nSPS) is 32.4. The molecule has 4 bridgehead atoms. The van der Waals surface area contributed by atoms with Crippen LogP contribution in [0.25, 0.3) is 5.65 Å². The standard InChI is InChI=1S/C26H34N4O3/c31-24(27-14-21-3-2-6-33-21)10-20-15-30-22(4-1-5-23(30)29-20)25(32)28-16-26-11-17-7-18(12-26)9-19(8-17)13-26/h1,4-5,15,17-19,21H,2-3,6-14,16H2,(H,27,31)(H,28,32). The van der Waals surface area contributed by atoms with Crippen molar-refractivity contribution in [2.75, 3.05) is 19.7 Å². The molecule has 2 aromatic heterocycles. The number of amides is 2. The lowest BCUT2D eigenvalue weighted by atomic mass is 9.49. The van der Waals surface area contributed by atoms with Crippen molar-refractivity contribution < 1.29 is 14.3 Å². The summed E-state index contributed by atoms with van der Waals surface area (Å²) in [4.78, 5) is 30.1. The molecule has 2 amide bonds. The number of rotatable bonds is 7. The van der Waals surface area contributed by atoms with Crippen LogP contribution in [0.1, 0.15) is 67.5 Å². The number of aromatic nitrogens is 2. The van der Waals surface area contributed by atoms with E-state index in [4.69, 9.17) is 4.74 Å². The Labute approximate surface area is 194 Å². The minimum atomic E-state index is -0.0678. The van der Waals surface area contributed by atoms with Crippen LogP contribution >= 0.6 is 0 Å². The fourth-order valence-corrected chi connectivity index (χ4v) is 7.46. The lowest BCUT2D eigenvalue weighted by Gasteiger charge is -2.56. The third-order valence-electron chi connectivity index (χ3n) is 8.46. The molecule has 4 aliphatic carbocycles. The van der Waals surface area contributed by atoms with Gasteiger partial charge in [-0.3, -0.25) is 14.0 Å².